The highest BCUT2D eigenvalue weighted by Gasteiger charge is 2.27. The summed E-state index contributed by atoms with van der Waals surface area (Å²) in [5, 5.41) is 12.7. The normalized spacial score (nSPS) is 16.8. The fourth-order valence-electron chi connectivity index (χ4n) is 5.54. The number of phenols is 1. The SMILES string of the molecule is CC.CC.CC(C)(C)C1CCCCC1.CCOC(=O)C1CCN(Cc2c(O)cc(C)c3ccccc23)CC1. The Balaban J connectivity index is 0.000000431. The van der Waals surface area contributed by atoms with Gasteiger partial charge >= 0.3 is 5.97 Å². The molecule has 4 heteroatoms. The van der Waals surface area contributed by atoms with Crippen LogP contribution in [0.3, 0.4) is 0 Å². The molecule has 38 heavy (non-hydrogen) atoms. The summed E-state index contributed by atoms with van der Waals surface area (Å²) in [6, 6.07) is 10.1. The summed E-state index contributed by atoms with van der Waals surface area (Å²) in [4.78, 5) is 14.2. The lowest BCUT2D eigenvalue weighted by atomic mass is 9.72. The summed E-state index contributed by atoms with van der Waals surface area (Å²) >= 11 is 0. The second-order valence-corrected chi connectivity index (χ2v) is 11.2. The zero-order valence-electron chi connectivity index (χ0n) is 26.0. The molecule has 0 unspecified atom stereocenters. The number of rotatable bonds is 4. The van der Waals surface area contributed by atoms with E-state index in [1.165, 1.54) is 37.5 Å². The molecule has 0 bridgehead atoms. The zero-order valence-corrected chi connectivity index (χ0v) is 26.0. The molecule has 216 valence electrons. The van der Waals surface area contributed by atoms with Gasteiger partial charge in [-0.25, -0.2) is 0 Å². The van der Waals surface area contributed by atoms with Crippen LogP contribution in [0, 0.1) is 24.2 Å². The molecule has 0 radical (unpaired) electrons. The van der Waals surface area contributed by atoms with Gasteiger partial charge in [-0.15, -0.1) is 0 Å². The summed E-state index contributed by atoms with van der Waals surface area (Å²) in [5.41, 5.74) is 2.64. The van der Waals surface area contributed by atoms with Crippen LogP contribution in [0.1, 0.15) is 111 Å². The third-order valence-electron chi connectivity index (χ3n) is 7.76. The van der Waals surface area contributed by atoms with E-state index in [1.807, 2.05) is 59.7 Å². The van der Waals surface area contributed by atoms with Crippen LogP contribution < -0.4 is 0 Å². The number of phenolic OH excluding ortho intramolecular Hbond substituents is 1. The van der Waals surface area contributed by atoms with Gasteiger partial charge in [0.05, 0.1) is 12.5 Å². The summed E-state index contributed by atoms with van der Waals surface area (Å²) < 4.78 is 5.13. The summed E-state index contributed by atoms with van der Waals surface area (Å²) in [5.74, 6) is 1.31. The number of fused-ring (bicyclic) bond motifs is 1. The maximum atomic E-state index is 11.8. The van der Waals surface area contributed by atoms with Crippen LogP contribution in [0.5, 0.6) is 5.75 Å². The molecule has 1 saturated carbocycles. The number of piperidine rings is 1. The van der Waals surface area contributed by atoms with Crippen LogP contribution in [0.2, 0.25) is 0 Å². The smallest absolute Gasteiger partial charge is 0.309 e. The molecule has 0 atom stereocenters. The lowest BCUT2D eigenvalue weighted by Gasteiger charge is -2.33. The van der Waals surface area contributed by atoms with Gasteiger partial charge in [-0.05, 0) is 86.4 Å². The van der Waals surface area contributed by atoms with Crippen molar-refractivity contribution in [2.75, 3.05) is 19.7 Å². The Labute approximate surface area is 234 Å². The Morgan fingerprint density at radius 1 is 0.947 bits per heavy atom. The number of ether oxygens (including phenoxy) is 1. The predicted molar refractivity (Wildman–Crippen MR) is 164 cm³/mol. The Bertz CT molecular complexity index is 933. The van der Waals surface area contributed by atoms with Crippen molar-refractivity contribution in [3.63, 3.8) is 0 Å². The Morgan fingerprint density at radius 2 is 1.50 bits per heavy atom. The minimum Gasteiger partial charge on any atom is -0.508 e. The van der Waals surface area contributed by atoms with E-state index in [1.54, 1.807) is 0 Å². The van der Waals surface area contributed by atoms with E-state index in [4.69, 9.17) is 4.74 Å². The van der Waals surface area contributed by atoms with Gasteiger partial charge < -0.3 is 9.84 Å². The van der Waals surface area contributed by atoms with E-state index < -0.39 is 0 Å². The molecule has 1 N–H and O–H groups in total. The minimum absolute atomic E-state index is 0.0181. The van der Waals surface area contributed by atoms with Crippen molar-refractivity contribution in [1.82, 2.24) is 4.90 Å². The van der Waals surface area contributed by atoms with Gasteiger partial charge in [0.2, 0.25) is 0 Å². The Hall–Kier alpha value is -2.07. The van der Waals surface area contributed by atoms with Crippen LogP contribution in [-0.2, 0) is 16.1 Å². The van der Waals surface area contributed by atoms with E-state index in [-0.39, 0.29) is 11.9 Å². The first-order chi connectivity index (χ1) is 18.2. The van der Waals surface area contributed by atoms with E-state index >= 15 is 0 Å². The fourth-order valence-corrected chi connectivity index (χ4v) is 5.54. The van der Waals surface area contributed by atoms with Crippen LogP contribution in [0.15, 0.2) is 30.3 Å². The molecule has 1 aliphatic carbocycles. The molecule has 4 rings (SSSR count). The van der Waals surface area contributed by atoms with Gasteiger partial charge in [0.15, 0.2) is 0 Å². The molecule has 0 amide bonds. The van der Waals surface area contributed by atoms with E-state index in [0.717, 1.165) is 48.4 Å². The number of hydrogen-bond acceptors (Lipinski definition) is 4. The van der Waals surface area contributed by atoms with E-state index in [9.17, 15) is 9.90 Å². The first kappa shape index (κ1) is 34.0. The first-order valence-corrected chi connectivity index (χ1v) is 15.3. The average molecular weight is 528 g/mol. The van der Waals surface area contributed by atoms with Crippen molar-refractivity contribution in [3.8, 4) is 5.75 Å². The molecule has 1 aliphatic heterocycles. The van der Waals surface area contributed by atoms with Crippen molar-refractivity contribution in [2.24, 2.45) is 17.3 Å². The number of benzene rings is 2. The molecule has 0 spiro atoms. The summed E-state index contributed by atoms with van der Waals surface area (Å²) in [6.07, 6.45) is 9.02. The first-order valence-electron chi connectivity index (χ1n) is 15.3. The zero-order chi connectivity index (χ0) is 28.7. The number of carbonyl (C=O) groups excluding carboxylic acids is 1. The molecule has 2 fully saturated rings. The number of aromatic hydroxyl groups is 1. The van der Waals surface area contributed by atoms with Crippen LogP contribution in [-0.4, -0.2) is 35.7 Å². The molecule has 0 aromatic heterocycles. The molecule has 2 aromatic rings. The maximum absolute atomic E-state index is 11.8. The van der Waals surface area contributed by atoms with Crippen molar-refractivity contribution in [1.29, 1.82) is 0 Å². The van der Waals surface area contributed by atoms with Crippen molar-refractivity contribution in [2.45, 2.75) is 114 Å². The molecule has 1 saturated heterocycles. The fraction of sp³-hybridized carbons (Fsp3) is 0.676. The van der Waals surface area contributed by atoms with Gasteiger partial charge in [-0.3, -0.25) is 9.69 Å². The third-order valence-corrected chi connectivity index (χ3v) is 7.76. The van der Waals surface area contributed by atoms with Crippen molar-refractivity contribution >= 4 is 16.7 Å². The highest BCUT2D eigenvalue weighted by Crippen LogP contribution is 2.37. The number of esters is 1. The monoisotopic (exact) mass is 527 g/mol. The maximum Gasteiger partial charge on any atom is 0.309 e. The van der Waals surface area contributed by atoms with Gasteiger partial charge in [-0.1, -0.05) is 92.0 Å². The molecule has 4 nitrogen and oxygen atoms in total. The second-order valence-electron chi connectivity index (χ2n) is 11.2. The molecule has 1 heterocycles. The number of aryl methyl sites for hydroxylation is 1. The standard InChI is InChI=1S/C20H25NO3.C10H20.2C2H6/c1-3-24-20(23)15-8-10-21(11-9-15)13-18-17-7-5-4-6-16(17)14(2)12-19(18)22;1-10(2,3)9-7-5-4-6-8-9;2*1-2/h4-7,12,15,22H,3,8-11,13H2,1-2H3;9H,4-8H2,1-3H3;2*1-2H3. The second kappa shape index (κ2) is 17.5. The highest BCUT2D eigenvalue weighted by molar-refractivity contribution is 5.90. The highest BCUT2D eigenvalue weighted by atomic mass is 16.5. The van der Waals surface area contributed by atoms with Gasteiger partial charge in [0.1, 0.15) is 5.75 Å². The molecular weight excluding hydrogens is 470 g/mol. The molecule has 2 aromatic carbocycles. The number of hydrogen-bond donors (Lipinski definition) is 1. The van der Waals surface area contributed by atoms with E-state index in [0.29, 0.717) is 24.3 Å². The predicted octanol–water partition coefficient (Wildman–Crippen LogP) is 9.29. The largest absolute Gasteiger partial charge is 0.508 e. The lowest BCUT2D eigenvalue weighted by Crippen LogP contribution is -2.36. The van der Waals surface area contributed by atoms with Crippen LogP contribution >= 0.6 is 0 Å². The number of carbonyl (C=O) groups is 1. The molecule has 2 aliphatic rings. The topological polar surface area (TPSA) is 49.8 Å². The van der Waals surface area contributed by atoms with Crippen LogP contribution in [0.25, 0.3) is 10.8 Å². The summed E-state index contributed by atoms with van der Waals surface area (Å²) in [7, 11) is 0. The van der Waals surface area contributed by atoms with Gasteiger partial charge in [-0.2, -0.15) is 0 Å². The Kier molecular flexibility index (Phi) is 15.6. The Morgan fingerprint density at radius 3 is 2.00 bits per heavy atom. The molecular formula is C34H57NO3. The van der Waals surface area contributed by atoms with E-state index in [2.05, 4.69) is 37.8 Å². The summed E-state index contributed by atoms with van der Waals surface area (Å²) in [6.45, 7) is 21.9. The van der Waals surface area contributed by atoms with Crippen molar-refractivity contribution in [3.05, 3.63) is 41.5 Å². The van der Waals surface area contributed by atoms with Gasteiger partial charge in [0.25, 0.3) is 0 Å². The quantitative estimate of drug-likeness (QED) is 0.402. The average Bonchev–Trinajstić information content (AvgIpc) is 2.94. The lowest BCUT2D eigenvalue weighted by molar-refractivity contribution is -0.149. The van der Waals surface area contributed by atoms with Crippen LogP contribution in [0.4, 0.5) is 0 Å². The van der Waals surface area contributed by atoms with Crippen molar-refractivity contribution < 1.29 is 14.6 Å². The third kappa shape index (κ3) is 10.2. The van der Waals surface area contributed by atoms with Gasteiger partial charge in [0, 0.05) is 12.1 Å². The number of likely N-dealkylation sites (tertiary alicyclic amines) is 1. The number of nitrogens with zero attached hydrogens (tertiary/aromatic N) is 1. The minimum atomic E-state index is -0.0687.